The number of halogens is 1. The minimum absolute atomic E-state index is 0.482. The smallest absolute Gasteiger partial charge is 0.165 e. The van der Waals surface area contributed by atoms with E-state index >= 15 is 0 Å². The second-order valence-electron chi connectivity index (χ2n) is 3.20. The third-order valence-corrected chi connectivity index (χ3v) is 2.14. The maximum atomic E-state index is 6.12. The van der Waals surface area contributed by atoms with Gasteiger partial charge in [-0.3, -0.25) is 0 Å². The van der Waals surface area contributed by atoms with Crippen molar-refractivity contribution in [3.63, 3.8) is 0 Å². The van der Waals surface area contributed by atoms with Crippen LogP contribution in [-0.4, -0.2) is 36.9 Å². The highest BCUT2D eigenvalue weighted by Gasteiger charge is 2.27. The Labute approximate surface area is 73.1 Å². The van der Waals surface area contributed by atoms with E-state index in [4.69, 9.17) is 16.5 Å². The Kier molecular flexibility index (Phi) is 2.93. The highest BCUT2D eigenvalue weighted by molar-refractivity contribution is 6.06. The van der Waals surface area contributed by atoms with Gasteiger partial charge < -0.3 is 4.74 Å². The predicted molar refractivity (Wildman–Crippen MR) is 46.3 cm³/mol. The fourth-order valence-electron chi connectivity index (χ4n) is 1.01. The third-order valence-electron chi connectivity index (χ3n) is 1.83. The molecule has 0 aromatic rings. The van der Waals surface area contributed by atoms with E-state index in [0.717, 1.165) is 26.1 Å². The van der Waals surface area contributed by atoms with Gasteiger partial charge in [0, 0.05) is 6.42 Å². The highest BCUT2D eigenvalue weighted by Crippen LogP contribution is 2.17. The van der Waals surface area contributed by atoms with Gasteiger partial charge in [-0.2, -0.15) is 0 Å². The molecule has 1 aliphatic heterocycles. The van der Waals surface area contributed by atoms with Crippen molar-refractivity contribution in [2.75, 3.05) is 26.7 Å². The summed E-state index contributed by atoms with van der Waals surface area (Å²) in [6, 6.07) is 0. The zero-order valence-electron chi connectivity index (χ0n) is 6.92. The molecular formula is C8H15ClNO+. The number of hydrogen-bond donors (Lipinski definition) is 0. The van der Waals surface area contributed by atoms with Crippen molar-refractivity contribution < 1.29 is 8.74 Å². The quantitative estimate of drug-likeness (QED) is 0.352. The molecule has 0 aliphatic carbocycles. The van der Waals surface area contributed by atoms with Crippen LogP contribution in [0.5, 0.6) is 0 Å². The highest BCUT2D eigenvalue weighted by atomic mass is 35.5. The van der Waals surface area contributed by atoms with E-state index in [1.807, 2.05) is 13.1 Å². The van der Waals surface area contributed by atoms with E-state index in [0.29, 0.717) is 10.1 Å². The summed E-state index contributed by atoms with van der Waals surface area (Å²) < 4.78 is 5.59. The van der Waals surface area contributed by atoms with Crippen LogP contribution in [0.2, 0.25) is 0 Å². The molecule has 2 unspecified atom stereocenters. The molecule has 1 saturated heterocycles. The van der Waals surface area contributed by atoms with Gasteiger partial charge in [-0.15, -0.1) is 0 Å². The van der Waals surface area contributed by atoms with Crippen molar-refractivity contribution in [3.05, 3.63) is 12.7 Å². The van der Waals surface area contributed by atoms with Gasteiger partial charge >= 0.3 is 0 Å². The molecular weight excluding hydrogens is 162 g/mol. The molecule has 11 heavy (non-hydrogen) atoms. The first kappa shape index (κ1) is 9.04. The first-order chi connectivity index (χ1) is 5.14. The van der Waals surface area contributed by atoms with Crippen LogP contribution in [0.1, 0.15) is 6.42 Å². The maximum absolute atomic E-state index is 6.12. The molecule has 0 radical (unpaired) electrons. The summed E-state index contributed by atoms with van der Waals surface area (Å²) in [7, 11) is 1.99. The molecule has 1 fully saturated rings. The first-order valence-electron chi connectivity index (χ1n) is 3.91. The summed E-state index contributed by atoms with van der Waals surface area (Å²) in [6.07, 6.45) is 3.39. The van der Waals surface area contributed by atoms with Gasteiger partial charge in [0.25, 0.3) is 0 Å². The Morgan fingerprint density at radius 2 is 2.45 bits per heavy atom. The van der Waals surface area contributed by atoms with Crippen LogP contribution in [0.25, 0.3) is 0 Å². The second kappa shape index (κ2) is 3.57. The standard InChI is InChI=1S/C8H15ClNO/c1-3-5-10(2,9)6-4-8-7-11-8/h3,8H,1,4-7H2,2H3/q+1. The minimum Gasteiger partial charge on any atom is -0.373 e. The minimum atomic E-state index is 0.482. The molecule has 0 aromatic carbocycles. The van der Waals surface area contributed by atoms with E-state index in [2.05, 4.69) is 6.58 Å². The van der Waals surface area contributed by atoms with Crippen LogP contribution in [0.15, 0.2) is 12.7 Å². The van der Waals surface area contributed by atoms with Gasteiger partial charge in [0.2, 0.25) is 0 Å². The molecule has 64 valence electrons. The number of nitrogens with zero attached hydrogens (tertiary/aromatic N) is 1. The van der Waals surface area contributed by atoms with Crippen LogP contribution in [0.3, 0.4) is 0 Å². The molecule has 0 aromatic heterocycles. The molecule has 0 spiro atoms. The van der Waals surface area contributed by atoms with Crippen LogP contribution in [0.4, 0.5) is 0 Å². The van der Waals surface area contributed by atoms with Crippen LogP contribution >= 0.6 is 11.8 Å². The summed E-state index contributed by atoms with van der Waals surface area (Å²) in [5.74, 6) is 0. The van der Waals surface area contributed by atoms with Crippen molar-refractivity contribution in [3.8, 4) is 0 Å². The van der Waals surface area contributed by atoms with Crippen LogP contribution in [0, 0.1) is 0 Å². The summed E-state index contributed by atoms with van der Waals surface area (Å²) >= 11 is 6.12. The fraction of sp³-hybridized carbons (Fsp3) is 0.750. The molecule has 0 amide bonds. The molecule has 1 aliphatic rings. The molecule has 0 N–H and O–H groups in total. The van der Waals surface area contributed by atoms with Crippen molar-refractivity contribution in [2.24, 2.45) is 0 Å². The van der Waals surface area contributed by atoms with E-state index in [-0.39, 0.29) is 0 Å². The van der Waals surface area contributed by atoms with E-state index in [1.54, 1.807) is 0 Å². The Morgan fingerprint density at radius 3 is 2.91 bits per heavy atom. The lowest BCUT2D eigenvalue weighted by Crippen LogP contribution is -2.35. The summed E-state index contributed by atoms with van der Waals surface area (Å²) in [5.41, 5.74) is 0. The Balaban J connectivity index is 2.14. The first-order valence-corrected chi connectivity index (χ1v) is 4.24. The summed E-state index contributed by atoms with van der Waals surface area (Å²) in [5, 5.41) is 0. The van der Waals surface area contributed by atoms with Crippen molar-refractivity contribution in [1.29, 1.82) is 0 Å². The van der Waals surface area contributed by atoms with E-state index in [1.165, 1.54) is 0 Å². The van der Waals surface area contributed by atoms with Gasteiger partial charge in [-0.1, -0.05) is 6.58 Å². The number of rotatable bonds is 5. The predicted octanol–water partition coefficient (Wildman–Crippen LogP) is 1.56. The van der Waals surface area contributed by atoms with Crippen LogP contribution in [-0.2, 0) is 4.74 Å². The number of epoxide rings is 1. The SMILES string of the molecule is C=CC[N+](C)(Cl)CCC1CO1. The number of quaternary nitrogens is 1. The summed E-state index contributed by atoms with van der Waals surface area (Å²) in [6.45, 7) is 6.35. The number of likely N-dealkylation sites (N-methyl/N-ethyl adjacent to an activating group) is 1. The van der Waals surface area contributed by atoms with Crippen LogP contribution < -0.4 is 0 Å². The average Bonchev–Trinajstić information content (AvgIpc) is 2.65. The lowest BCUT2D eigenvalue weighted by Gasteiger charge is -2.21. The average molecular weight is 177 g/mol. The van der Waals surface area contributed by atoms with Gasteiger partial charge in [0.05, 0.1) is 26.3 Å². The van der Waals surface area contributed by atoms with Crippen molar-refractivity contribution in [1.82, 2.24) is 0 Å². The van der Waals surface area contributed by atoms with E-state index < -0.39 is 0 Å². The Bertz CT molecular complexity index is 143. The zero-order valence-corrected chi connectivity index (χ0v) is 7.68. The number of hydrogen-bond acceptors (Lipinski definition) is 1. The van der Waals surface area contributed by atoms with Gasteiger partial charge in [0.15, 0.2) is 11.8 Å². The van der Waals surface area contributed by atoms with Gasteiger partial charge in [-0.25, -0.2) is 4.00 Å². The topological polar surface area (TPSA) is 12.5 Å². The monoisotopic (exact) mass is 176 g/mol. The lowest BCUT2D eigenvalue weighted by molar-refractivity contribution is -0.787. The second-order valence-corrected chi connectivity index (χ2v) is 4.02. The largest absolute Gasteiger partial charge is 0.373 e. The fourth-order valence-corrected chi connectivity index (χ4v) is 1.20. The van der Waals surface area contributed by atoms with Crippen molar-refractivity contribution in [2.45, 2.75) is 12.5 Å². The maximum Gasteiger partial charge on any atom is 0.165 e. The Morgan fingerprint density at radius 1 is 1.82 bits per heavy atom. The molecule has 0 bridgehead atoms. The Hall–Kier alpha value is -0.0500. The van der Waals surface area contributed by atoms with Crippen molar-refractivity contribution >= 4 is 11.8 Å². The molecule has 2 atom stereocenters. The van der Waals surface area contributed by atoms with Gasteiger partial charge in [-0.05, 0) is 6.08 Å². The van der Waals surface area contributed by atoms with E-state index in [9.17, 15) is 0 Å². The molecule has 1 heterocycles. The molecule has 3 heteroatoms. The molecule has 1 rings (SSSR count). The zero-order chi connectivity index (χ0) is 8.32. The lowest BCUT2D eigenvalue weighted by atomic mass is 10.3. The van der Waals surface area contributed by atoms with Gasteiger partial charge in [0.1, 0.15) is 6.54 Å². The summed E-state index contributed by atoms with van der Waals surface area (Å²) in [4.78, 5) is 0. The third kappa shape index (κ3) is 3.75. The molecule has 0 saturated carbocycles. The normalized spacial score (nSPS) is 27.6. The molecule has 2 nitrogen and oxygen atoms in total. The number of ether oxygens (including phenoxy) is 1.